The van der Waals surface area contributed by atoms with E-state index in [2.05, 4.69) is 27.7 Å². The zero-order valence-corrected chi connectivity index (χ0v) is 34.6. The minimum absolute atomic E-state index is 0. The fourth-order valence-electron chi connectivity index (χ4n) is 4.83. The molecule has 0 aliphatic heterocycles. The normalized spacial score (nSPS) is 10.7. The van der Waals surface area contributed by atoms with E-state index in [-0.39, 0.29) is 35.0 Å². The van der Waals surface area contributed by atoms with Crippen LogP contribution in [0.1, 0.15) is 207 Å². The average Bonchev–Trinajstić information content (AvgIpc) is 3.03. The van der Waals surface area contributed by atoms with Gasteiger partial charge in [-0.05, 0) is 38.5 Å². The molecule has 0 aliphatic rings. The number of esters is 2. The van der Waals surface area contributed by atoms with Gasteiger partial charge in [0.15, 0.2) is 0 Å². The Bertz CT molecular complexity index is 697. The monoisotopic (exact) mass is 733 g/mol. The summed E-state index contributed by atoms with van der Waals surface area (Å²) in [6, 6.07) is 0. The van der Waals surface area contributed by atoms with Crippen molar-refractivity contribution in [3.8, 4) is 0 Å². The van der Waals surface area contributed by atoms with E-state index in [0.29, 0.717) is 38.9 Å². The molecule has 9 nitrogen and oxygen atoms in total. The second-order valence-corrected chi connectivity index (χ2v) is 13.6. The van der Waals surface area contributed by atoms with Gasteiger partial charge >= 0.3 is 35.0 Å². The van der Waals surface area contributed by atoms with Crippen LogP contribution in [0.2, 0.25) is 0 Å². The molecule has 290 valence electrons. The van der Waals surface area contributed by atoms with Gasteiger partial charge in [-0.2, -0.15) is 0 Å². The molecule has 0 bridgehead atoms. The summed E-state index contributed by atoms with van der Waals surface area (Å²) in [6.45, 7) is 11.7. The Hall–Kier alpha value is -0.464. The molecule has 0 N–H and O–H groups in total. The van der Waals surface area contributed by atoms with Gasteiger partial charge in [0, 0.05) is 36.5 Å². The van der Waals surface area contributed by atoms with Crippen LogP contribution < -0.4 is 0 Å². The van der Waals surface area contributed by atoms with E-state index in [1.165, 1.54) is 128 Å². The number of rotatable bonds is 33. The second-order valence-electron chi connectivity index (χ2n) is 12.7. The maximum atomic E-state index is 11.2. The van der Waals surface area contributed by atoms with Crippen LogP contribution in [-0.4, -0.2) is 78.9 Å². The van der Waals surface area contributed by atoms with Gasteiger partial charge in [0.1, 0.15) is 0 Å². The molecule has 0 amide bonds. The minimum Gasteiger partial charge on any atom is -0.759 e. The van der Waals surface area contributed by atoms with Crippen molar-refractivity contribution in [1.29, 1.82) is 0 Å². The molecule has 0 aromatic carbocycles. The van der Waals surface area contributed by atoms with Gasteiger partial charge in [0.05, 0.1) is 13.2 Å². The molecule has 0 unspecified atom stereocenters. The zero-order chi connectivity index (χ0) is 36.4. The van der Waals surface area contributed by atoms with Crippen LogP contribution in [0.15, 0.2) is 0 Å². The van der Waals surface area contributed by atoms with E-state index in [0.717, 1.165) is 38.9 Å². The molecule has 0 saturated carbocycles. The van der Waals surface area contributed by atoms with Gasteiger partial charge in [-0.3, -0.25) is 18.0 Å². The molecule has 0 atom stereocenters. The Morgan fingerprint density at radius 2 is 0.653 bits per heavy atom. The molecule has 0 saturated heterocycles. The van der Waals surface area contributed by atoms with Crippen molar-refractivity contribution in [3.05, 3.63) is 0 Å². The SMILES string of the molecule is CCCCCCCCCCCCOCCCCCCCCCCCC.CCCCOC(=O)CCCCC(=O)OCCCC.O=S(=O)([O-])[O-].[Mg+2]. The minimum atomic E-state index is -5.17. The van der Waals surface area contributed by atoms with Gasteiger partial charge in [-0.25, -0.2) is 0 Å². The number of hydrogen-bond acceptors (Lipinski definition) is 9. The average molecular weight is 733 g/mol. The van der Waals surface area contributed by atoms with Crippen LogP contribution in [0, 0.1) is 0 Å². The van der Waals surface area contributed by atoms with Crippen LogP contribution in [0.4, 0.5) is 0 Å². The van der Waals surface area contributed by atoms with E-state index in [4.69, 9.17) is 31.7 Å². The first-order chi connectivity index (χ1) is 23.1. The summed E-state index contributed by atoms with van der Waals surface area (Å²) in [5.41, 5.74) is 0. The van der Waals surface area contributed by atoms with Crippen LogP contribution in [0.3, 0.4) is 0 Å². The summed E-state index contributed by atoms with van der Waals surface area (Å²) in [7, 11) is -5.17. The standard InChI is InChI=1S/C24H50O.C14H26O4.Mg.H2O4S/c1-3-5-7-9-11-13-15-17-19-21-23-25-24-22-20-18-16-14-12-10-8-6-4-2;1-3-5-11-17-13(15)9-7-8-10-14(16)18-12-6-4-2;;1-5(2,3)4/h3-24H2,1-2H3;3-12H2,1-2H3;;(H2,1,2,3,4)/q;;+2;/p-2. The van der Waals surface area contributed by atoms with Gasteiger partial charge in [0.2, 0.25) is 0 Å². The predicted octanol–water partition coefficient (Wildman–Crippen LogP) is 10.4. The van der Waals surface area contributed by atoms with Crippen molar-refractivity contribution in [2.45, 2.75) is 207 Å². The first-order valence-corrected chi connectivity index (χ1v) is 21.0. The second kappa shape index (κ2) is 47.5. The van der Waals surface area contributed by atoms with Crippen LogP contribution >= 0.6 is 0 Å². The third-order valence-electron chi connectivity index (χ3n) is 7.82. The predicted molar refractivity (Wildman–Crippen MR) is 201 cm³/mol. The van der Waals surface area contributed by atoms with Gasteiger partial charge in [-0.1, -0.05) is 156 Å². The molecule has 0 aromatic rings. The summed E-state index contributed by atoms with van der Waals surface area (Å²) in [5.74, 6) is -0.328. The maximum absolute atomic E-state index is 11.2. The van der Waals surface area contributed by atoms with E-state index >= 15 is 0 Å². The summed E-state index contributed by atoms with van der Waals surface area (Å²) < 4.78 is 49.9. The summed E-state index contributed by atoms with van der Waals surface area (Å²) in [5, 5.41) is 0. The van der Waals surface area contributed by atoms with Gasteiger partial charge in [-0.15, -0.1) is 0 Å². The Labute approximate surface area is 319 Å². The number of carbonyl (C=O) groups is 2. The summed E-state index contributed by atoms with van der Waals surface area (Å²) in [6.07, 6.45) is 34.2. The quantitative estimate of drug-likeness (QED) is 0.0212. The van der Waals surface area contributed by atoms with E-state index in [9.17, 15) is 9.59 Å². The first kappa shape index (κ1) is 55.3. The van der Waals surface area contributed by atoms with Crippen molar-refractivity contribution in [1.82, 2.24) is 0 Å². The van der Waals surface area contributed by atoms with Crippen molar-refractivity contribution in [2.75, 3.05) is 26.4 Å². The Kier molecular flexibility index (Phi) is 53.6. The van der Waals surface area contributed by atoms with E-state index < -0.39 is 10.4 Å². The Morgan fingerprint density at radius 3 is 0.918 bits per heavy atom. The number of hydrogen-bond donors (Lipinski definition) is 0. The fourth-order valence-corrected chi connectivity index (χ4v) is 4.83. The molecule has 0 aromatic heterocycles. The van der Waals surface area contributed by atoms with Gasteiger partial charge < -0.3 is 23.3 Å². The molecule has 0 spiro atoms. The smallest absolute Gasteiger partial charge is 0.759 e. The number of carbonyl (C=O) groups excluding carboxylic acids is 2. The van der Waals surface area contributed by atoms with Crippen LogP contribution in [0.25, 0.3) is 0 Å². The van der Waals surface area contributed by atoms with E-state index in [1.807, 2.05) is 0 Å². The summed E-state index contributed by atoms with van der Waals surface area (Å²) >= 11 is 0. The molecule has 0 radical (unpaired) electrons. The summed E-state index contributed by atoms with van der Waals surface area (Å²) in [4.78, 5) is 22.5. The maximum Gasteiger partial charge on any atom is 2.00 e. The van der Waals surface area contributed by atoms with Crippen molar-refractivity contribution in [3.63, 3.8) is 0 Å². The molecule has 0 heterocycles. The van der Waals surface area contributed by atoms with Gasteiger partial charge in [0.25, 0.3) is 0 Å². The molecule has 0 aliphatic carbocycles. The van der Waals surface area contributed by atoms with Crippen molar-refractivity contribution >= 4 is 45.4 Å². The molecule has 0 fully saturated rings. The fraction of sp³-hybridized carbons (Fsp3) is 0.947. The van der Waals surface area contributed by atoms with Crippen LogP contribution in [0.5, 0.6) is 0 Å². The van der Waals surface area contributed by atoms with Crippen molar-refractivity contribution < 1.29 is 41.3 Å². The largest absolute Gasteiger partial charge is 2.00 e. The van der Waals surface area contributed by atoms with Crippen LogP contribution in [-0.2, 0) is 34.2 Å². The number of unbranched alkanes of at least 4 members (excludes halogenated alkanes) is 21. The third kappa shape index (κ3) is 66.4. The Balaban J connectivity index is -0.000000369. The number of ether oxygens (including phenoxy) is 3. The molecule has 0 rings (SSSR count). The Morgan fingerprint density at radius 1 is 0.408 bits per heavy atom. The molecule has 11 heteroatoms. The molecular weight excluding hydrogens is 657 g/mol. The molecular formula is C38H76MgO9S. The topological polar surface area (TPSA) is 142 Å². The molecule has 49 heavy (non-hydrogen) atoms. The van der Waals surface area contributed by atoms with E-state index in [1.54, 1.807) is 0 Å². The first-order valence-electron chi connectivity index (χ1n) is 19.7. The zero-order valence-electron chi connectivity index (χ0n) is 32.4. The van der Waals surface area contributed by atoms with Crippen molar-refractivity contribution in [2.24, 2.45) is 0 Å². The third-order valence-corrected chi connectivity index (χ3v) is 7.82.